The van der Waals surface area contributed by atoms with Crippen molar-refractivity contribution in [2.75, 3.05) is 31.1 Å². The summed E-state index contributed by atoms with van der Waals surface area (Å²) in [5.74, 6) is 0.544. The van der Waals surface area contributed by atoms with Crippen molar-refractivity contribution in [3.63, 3.8) is 0 Å². The molecule has 0 atom stereocenters. The van der Waals surface area contributed by atoms with Gasteiger partial charge in [-0.2, -0.15) is 0 Å². The summed E-state index contributed by atoms with van der Waals surface area (Å²) >= 11 is 7.83. The lowest BCUT2D eigenvalue weighted by atomic mass is 10.2. The average Bonchev–Trinajstić information content (AvgIpc) is 3.39. The SMILES string of the molecule is O=C(NCc1ccco1)c1csc(CN2CCN(c3ccccc3Cl)CC2)n1. The lowest BCUT2D eigenvalue weighted by molar-refractivity contribution is 0.0943. The predicted octanol–water partition coefficient (Wildman–Crippen LogP) is 3.64. The summed E-state index contributed by atoms with van der Waals surface area (Å²) in [5, 5.41) is 6.38. The van der Waals surface area contributed by atoms with Gasteiger partial charge < -0.3 is 14.6 Å². The molecule has 8 heteroatoms. The number of piperazine rings is 1. The van der Waals surface area contributed by atoms with Crippen molar-refractivity contribution in [2.45, 2.75) is 13.1 Å². The monoisotopic (exact) mass is 416 g/mol. The van der Waals surface area contributed by atoms with Crippen molar-refractivity contribution in [1.82, 2.24) is 15.2 Å². The van der Waals surface area contributed by atoms with Crippen LogP contribution in [0.15, 0.2) is 52.5 Å². The lowest BCUT2D eigenvalue weighted by Crippen LogP contribution is -2.46. The molecule has 0 saturated carbocycles. The molecule has 6 nitrogen and oxygen atoms in total. The fourth-order valence-corrected chi connectivity index (χ4v) is 4.28. The summed E-state index contributed by atoms with van der Waals surface area (Å²) in [6.45, 7) is 4.84. The fraction of sp³-hybridized carbons (Fsp3) is 0.300. The number of thiazole rings is 1. The van der Waals surface area contributed by atoms with Gasteiger partial charge in [0.05, 0.1) is 30.1 Å². The van der Waals surface area contributed by atoms with Crippen LogP contribution in [0.25, 0.3) is 0 Å². The molecule has 3 heterocycles. The number of carbonyl (C=O) groups excluding carboxylic acids is 1. The highest BCUT2D eigenvalue weighted by atomic mass is 35.5. The number of rotatable bonds is 6. The van der Waals surface area contributed by atoms with Crippen molar-refractivity contribution in [2.24, 2.45) is 0 Å². The Balaban J connectivity index is 1.28. The van der Waals surface area contributed by atoms with Crippen LogP contribution in [-0.2, 0) is 13.1 Å². The summed E-state index contributed by atoms with van der Waals surface area (Å²) in [6, 6.07) is 11.6. The summed E-state index contributed by atoms with van der Waals surface area (Å²) < 4.78 is 5.22. The molecule has 1 aliphatic heterocycles. The first-order valence-corrected chi connectivity index (χ1v) is 10.4. The quantitative estimate of drug-likeness (QED) is 0.664. The summed E-state index contributed by atoms with van der Waals surface area (Å²) in [4.78, 5) is 21.4. The molecule has 0 radical (unpaired) electrons. The smallest absolute Gasteiger partial charge is 0.271 e. The molecule has 3 aromatic rings. The number of benzene rings is 1. The number of nitrogens with one attached hydrogen (secondary N) is 1. The van der Waals surface area contributed by atoms with Gasteiger partial charge in [-0.3, -0.25) is 9.69 Å². The molecule has 1 saturated heterocycles. The van der Waals surface area contributed by atoms with Crippen LogP contribution < -0.4 is 10.2 Å². The summed E-state index contributed by atoms with van der Waals surface area (Å²) in [6.07, 6.45) is 1.59. The van der Waals surface area contributed by atoms with Gasteiger partial charge in [0, 0.05) is 31.6 Å². The molecule has 1 aliphatic rings. The number of anilines is 1. The number of halogens is 1. The Morgan fingerprint density at radius 2 is 2.00 bits per heavy atom. The Morgan fingerprint density at radius 1 is 1.18 bits per heavy atom. The highest BCUT2D eigenvalue weighted by Gasteiger charge is 2.20. The molecule has 0 bridgehead atoms. The molecule has 4 rings (SSSR count). The van der Waals surface area contributed by atoms with Crippen LogP contribution in [0.3, 0.4) is 0 Å². The zero-order valence-corrected chi connectivity index (χ0v) is 16.9. The van der Waals surface area contributed by atoms with E-state index in [1.165, 1.54) is 11.3 Å². The Hall–Kier alpha value is -2.35. The molecule has 2 aromatic heterocycles. The lowest BCUT2D eigenvalue weighted by Gasteiger charge is -2.36. The van der Waals surface area contributed by atoms with E-state index >= 15 is 0 Å². The van der Waals surface area contributed by atoms with Crippen LogP contribution in [0, 0.1) is 0 Å². The fourth-order valence-electron chi connectivity index (χ4n) is 3.21. The second-order valence-electron chi connectivity index (χ2n) is 6.60. The van der Waals surface area contributed by atoms with Gasteiger partial charge in [0.25, 0.3) is 5.91 Å². The van der Waals surface area contributed by atoms with E-state index in [2.05, 4.69) is 26.2 Å². The first kappa shape index (κ1) is 19.0. The number of aromatic nitrogens is 1. The van der Waals surface area contributed by atoms with Crippen LogP contribution in [0.2, 0.25) is 5.02 Å². The number of carbonyl (C=O) groups is 1. The zero-order chi connectivity index (χ0) is 19.3. The maximum absolute atomic E-state index is 12.2. The van der Waals surface area contributed by atoms with E-state index in [0.29, 0.717) is 12.2 Å². The molecule has 0 spiro atoms. The van der Waals surface area contributed by atoms with Crippen LogP contribution in [-0.4, -0.2) is 42.0 Å². The Morgan fingerprint density at radius 3 is 2.75 bits per heavy atom. The summed E-state index contributed by atoms with van der Waals surface area (Å²) in [7, 11) is 0. The minimum Gasteiger partial charge on any atom is -0.467 e. The van der Waals surface area contributed by atoms with E-state index in [9.17, 15) is 4.79 Å². The normalized spacial score (nSPS) is 15.0. The van der Waals surface area contributed by atoms with Gasteiger partial charge in [-0.1, -0.05) is 23.7 Å². The second-order valence-corrected chi connectivity index (χ2v) is 7.95. The zero-order valence-electron chi connectivity index (χ0n) is 15.3. The number of hydrogen-bond donors (Lipinski definition) is 1. The largest absolute Gasteiger partial charge is 0.467 e. The van der Waals surface area contributed by atoms with Crippen molar-refractivity contribution in [1.29, 1.82) is 0 Å². The first-order chi connectivity index (χ1) is 13.7. The molecule has 1 N–H and O–H groups in total. The number of hydrogen-bond acceptors (Lipinski definition) is 6. The van der Waals surface area contributed by atoms with E-state index < -0.39 is 0 Å². The van der Waals surface area contributed by atoms with E-state index in [-0.39, 0.29) is 5.91 Å². The Bertz CT molecular complexity index is 920. The van der Waals surface area contributed by atoms with Gasteiger partial charge >= 0.3 is 0 Å². The van der Waals surface area contributed by atoms with Gasteiger partial charge in [-0.25, -0.2) is 4.98 Å². The van der Waals surface area contributed by atoms with Crippen molar-refractivity contribution in [3.8, 4) is 0 Å². The Kier molecular flexibility index (Phi) is 5.95. The van der Waals surface area contributed by atoms with E-state index in [0.717, 1.165) is 54.2 Å². The number of nitrogens with zero attached hydrogens (tertiary/aromatic N) is 3. The van der Waals surface area contributed by atoms with Gasteiger partial charge in [0.2, 0.25) is 0 Å². The first-order valence-electron chi connectivity index (χ1n) is 9.16. The molecule has 1 aromatic carbocycles. The van der Waals surface area contributed by atoms with E-state index in [1.54, 1.807) is 12.3 Å². The van der Waals surface area contributed by atoms with Crippen LogP contribution in [0.5, 0.6) is 0 Å². The molecule has 146 valence electrons. The maximum Gasteiger partial charge on any atom is 0.271 e. The van der Waals surface area contributed by atoms with Crippen LogP contribution >= 0.6 is 22.9 Å². The number of para-hydroxylation sites is 1. The van der Waals surface area contributed by atoms with Crippen molar-refractivity contribution < 1.29 is 9.21 Å². The van der Waals surface area contributed by atoms with Crippen LogP contribution in [0.1, 0.15) is 21.3 Å². The van der Waals surface area contributed by atoms with E-state index in [4.69, 9.17) is 16.0 Å². The van der Waals surface area contributed by atoms with Gasteiger partial charge in [-0.05, 0) is 24.3 Å². The predicted molar refractivity (Wildman–Crippen MR) is 111 cm³/mol. The van der Waals surface area contributed by atoms with Gasteiger partial charge in [0.15, 0.2) is 0 Å². The second kappa shape index (κ2) is 8.77. The number of amides is 1. The van der Waals surface area contributed by atoms with Crippen molar-refractivity contribution >= 4 is 34.5 Å². The highest BCUT2D eigenvalue weighted by Crippen LogP contribution is 2.26. The molecule has 0 unspecified atom stereocenters. The topological polar surface area (TPSA) is 61.6 Å². The third kappa shape index (κ3) is 4.55. The van der Waals surface area contributed by atoms with E-state index in [1.807, 2.05) is 29.6 Å². The standard InChI is InChI=1S/C20H21ClN4O2S/c21-16-5-1-2-6-18(16)25-9-7-24(8-10-25)13-19-23-17(14-28-19)20(26)22-12-15-4-3-11-27-15/h1-6,11,14H,7-10,12-13H2,(H,22,26). The summed E-state index contributed by atoms with van der Waals surface area (Å²) in [5.41, 5.74) is 1.55. The number of furan rings is 1. The molecular formula is C20H21ClN4O2S. The minimum atomic E-state index is -0.178. The third-order valence-corrected chi connectivity index (χ3v) is 5.87. The van der Waals surface area contributed by atoms with Gasteiger partial charge in [-0.15, -0.1) is 11.3 Å². The molecular weight excluding hydrogens is 396 g/mol. The molecule has 1 amide bonds. The third-order valence-electron chi connectivity index (χ3n) is 4.71. The average molecular weight is 417 g/mol. The highest BCUT2D eigenvalue weighted by molar-refractivity contribution is 7.09. The Labute approximate surface area is 172 Å². The molecule has 28 heavy (non-hydrogen) atoms. The van der Waals surface area contributed by atoms with Crippen LogP contribution in [0.4, 0.5) is 5.69 Å². The minimum absolute atomic E-state index is 0.178. The molecule has 0 aliphatic carbocycles. The maximum atomic E-state index is 12.2. The molecule has 1 fully saturated rings. The van der Waals surface area contributed by atoms with Gasteiger partial charge in [0.1, 0.15) is 16.5 Å². The van der Waals surface area contributed by atoms with Crippen molar-refractivity contribution in [3.05, 3.63) is 69.5 Å².